The second kappa shape index (κ2) is 15.8. The van der Waals surface area contributed by atoms with Crippen molar-refractivity contribution in [1.82, 2.24) is 0 Å². The van der Waals surface area contributed by atoms with Gasteiger partial charge in [-0.05, 0) is 92.5 Å². The zero-order chi connectivity index (χ0) is 42.4. The normalized spacial score (nSPS) is 11.5. The first kappa shape index (κ1) is 37.4. The Kier molecular flexibility index (Phi) is 9.23. The number of furan rings is 2. The molecular formula is C61H41NO2. The lowest BCUT2D eigenvalue weighted by molar-refractivity contribution is 0.669. The van der Waals surface area contributed by atoms with Crippen molar-refractivity contribution in [3.63, 3.8) is 0 Å². The molecular weight excluding hydrogens is 779 g/mol. The van der Waals surface area contributed by atoms with Crippen LogP contribution in [0.15, 0.2) is 245 Å². The fourth-order valence-corrected chi connectivity index (χ4v) is 9.53. The van der Waals surface area contributed by atoms with E-state index in [-0.39, 0.29) is 0 Å². The number of rotatable bonds is 9. The number of hydrogen-bond acceptors (Lipinski definition) is 3. The van der Waals surface area contributed by atoms with E-state index in [1.807, 2.05) is 6.07 Å². The Balaban J connectivity index is 1.13. The van der Waals surface area contributed by atoms with Gasteiger partial charge in [-0.2, -0.15) is 0 Å². The van der Waals surface area contributed by atoms with Gasteiger partial charge >= 0.3 is 0 Å². The molecule has 0 N–H and O–H groups in total. The largest absolute Gasteiger partial charge is 0.455 e. The van der Waals surface area contributed by atoms with E-state index in [4.69, 9.17) is 8.83 Å². The average molecular weight is 820 g/mol. The summed E-state index contributed by atoms with van der Waals surface area (Å²) < 4.78 is 13.6. The lowest BCUT2D eigenvalue weighted by Gasteiger charge is -2.29. The third kappa shape index (κ3) is 6.54. The van der Waals surface area contributed by atoms with Crippen molar-refractivity contribution in [2.75, 3.05) is 4.90 Å². The smallest absolute Gasteiger partial charge is 0.145 e. The summed E-state index contributed by atoms with van der Waals surface area (Å²) in [5.74, 6) is 0. The van der Waals surface area contributed by atoms with Crippen LogP contribution in [0.4, 0.5) is 11.4 Å². The fraction of sp³-hybridized carbons (Fsp3) is 0.0164. The van der Waals surface area contributed by atoms with Crippen LogP contribution in [0.1, 0.15) is 5.56 Å². The molecule has 3 nitrogen and oxygen atoms in total. The predicted octanol–water partition coefficient (Wildman–Crippen LogP) is 17.2. The zero-order valence-electron chi connectivity index (χ0n) is 35.0. The molecule has 0 saturated carbocycles. The Morgan fingerprint density at radius 3 is 1.56 bits per heavy atom. The van der Waals surface area contributed by atoms with E-state index >= 15 is 0 Å². The Morgan fingerprint density at radius 2 is 0.859 bits per heavy atom. The van der Waals surface area contributed by atoms with Crippen LogP contribution in [-0.4, -0.2) is 0 Å². The van der Waals surface area contributed by atoms with Gasteiger partial charge < -0.3 is 13.7 Å². The Labute approximate surface area is 371 Å². The average Bonchev–Trinajstić information content (AvgIpc) is 3.96. The van der Waals surface area contributed by atoms with Gasteiger partial charge in [0.2, 0.25) is 0 Å². The maximum atomic E-state index is 6.88. The quantitative estimate of drug-likeness (QED) is 0.145. The number of benzene rings is 10. The molecule has 0 spiro atoms. The zero-order valence-corrected chi connectivity index (χ0v) is 35.0. The van der Waals surface area contributed by atoms with Gasteiger partial charge in [0.05, 0.1) is 11.1 Å². The van der Waals surface area contributed by atoms with Gasteiger partial charge in [0.1, 0.15) is 22.3 Å². The molecule has 0 amide bonds. The highest BCUT2D eigenvalue weighted by atomic mass is 16.3. The monoisotopic (exact) mass is 819 g/mol. The minimum Gasteiger partial charge on any atom is -0.455 e. The molecule has 302 valence electrons. The van der Waals surface area contributed by atoms with Crippen molar-refractivity contribution in [3.05, 3.63) is 242 Å². The molecule has 0 fully saturated rings. The van der Waals surface area contributed by atoms with E-state index in [9.17, 15) is 0 Å². The Bertz CT molecular complexity index is 3630. The summed E-state index contributed by atoms with van der Waals surface area (Å²) in [6, 6.07) is 84.3. The van der Waals surface area contributed by atoms with Crippen molar-refractivity contribution in [2.45, 2.75) is 6.54 Å². The van der Waals surface area contributed by atoms with Crippen molar-refractivity contribution in [1.29, 1.82) is 0 Å². The molecule has 0 radical (unpaired) electrons. The Morgan fingerprint density at radius 1 is 0.312 bits per heavy atom. The lowest BCUT2D eigenvalue weighted by atomic mass is 9.92. The van der Waals surface area contributed by atoms with Gasteiger partial charge in [0.25, 0.3) is 0 Å². The van der Waals surface area contributed by atoms with Crippen LogP contribution < -0.4 is 4.90 Å². The number of hydrogen-bond donors (Lipinski definition) is 0. The third-order valence-corrected chi connectivity index (χ3v) is 12.6. The van der Waals surface area contributed by atoms with Gasteiger partial charge in [-0.3, -0.25) is 0 Å². The molecule has 10 aromatic carbocycles. The number of para-hydroxylation sites is 3. The molecule has 0 aliphatic heterocycles. The van der Waals surface area contributed by atoms with E-state index in [2.05, 4.69) is 235 Å². The third-order valence-electron chi connectivity index (χ3n) is 12.6. The van der Waals surface area contributed by atoms with Gasteiger partial charge in [-0.1, -0.05) is 194 Å². The molecule has 0 aliphatic carbocycles. The van der Waals surface area contributed by atoms with Crippen LogP contribution in [0, 0.1) is 0 Å². The first-order valence-corrected chi connectivity index (χ1v) is 21.9. The fourth-order valence-electron chi connectivity index (χ4n) is 9.53. The summed E-state index contributed by atoms with van der Waals surface area (Å²) in [5, 5.41) is 4.37. The SMILES string of the molecule is c1ccc(-c2ccc(CN(c3ccc(-c4ccccc4)c(-c4ccccc4)c3)c3ccc(-c4ccccc4)c4oc5ccccc5c34)c(-c3cccc4c3oc3ccccc34)c2)cc1. The second-order valence-electron chi connectivity index (χ2n) is 16.4. The number of fused-ring (bicyclic) bond motifs is 6. The second-order valence-corrected chi connectivity index (χ2v) is 16.4. The highest BCUT2D eigenvalue weighted by Gasteiger charge is 2.24. The van der Waals surface area contributed by atoms with E-state index in [0.717, 1.165) is 105 Å². The topological polar surface area (TPSA) is 29.5 Å². The first-order valence-electron chi connectivity index (χ1n) is 21.9. The summed E-state index contributed by atoms with van der Waals surface area (Å²) in [5.41, 5.74) is 18.1. The number of anilines is 2. The van der Waals surface area contributed by atoms with E-state index in [0.29, 0.717) is 6.54 Å². The van der Waals surface area contributed by atoms with Crippen molar-refractivity contribution in [2.24, 2.45) is 0 Å². The highest BCUT2D eigenvalue weighted by molar-refractivity contribution is 6.16. The van der Waals surface area contributed by atoms with Gasteiger partial charge in [0, 0.05) is 39.5 Å². The van der Waals surface area contributed by atoms with Crippen LogP contribution in [-0.2, 0) is 6.54 Å². The summed E-state index contributed by atoms with van der Waals surface area (Å²) in [6.07, 6.45) is 0. The molecule has 0 aliphatic rings. The van der Waals surface area contributed by atoms with Crippen molar-refractivity contribution < 1.29 is 8.83 Å². The molecule has 0 saturated heterocycles. The van der Waals surface area contributed by atoms with Gasteiger partial charge in [-0.15, -0.1) is 0 Å². The summed E-state index contributed by atoms with van der Waals surface area (Å²) in [7, 11) is 0. The molecule has 0 bridgehead atoms. The summed E-state index contributed by atoms with van der Waals surface area (Å²) in [4.78, 5) is 2.49. The lowest BCUT2D eigenvalue weighted by Crippen LogP contribution is -2.18. The molecule has 12 aromatic rings. The van der Waals surface area contributed by atoms with Gasteiger partial charge in [0.15, 0.2) is 0 Å². The van der Waals surface area contributed by atoms with Crippen molar-refractivity contribution >= 4 is 55.3 Å². The van der Waals surface area contributed by atoms with Crippen LogP contribution in [0.25, 0.3) is 99.5 Å². The summed E-state index contributed by atoms with van der Waals surface area (Å²) >= 11 is 0. The molecule has 2 aromatic heterocycles. The number of nitrogens with zero attached hydrogens (tertiary/aromatic N) is 1. The first-order chi connectivity index (χ1) is 31.7. The Hall–Kier alpha value is -8.40. The standard InChI is InChI=1S/C61H41NO2/c1-5-18-41(19-6-1)45-32-33-46(54(38-45)52-29-17-28-51-50-26-13-15-30-57(50)63-60(51)52)40-62(47-34-35-48(42-20-7-2-8-21-42)55(39-47)44-24-11-4-12-25-44)56-37-36-49(43-22-9-3-10-23-43)61-59(56)53-27-14-16-31-58(53)64-61/h1-39H,40H2. The molecule has 2 heterocycles. The van der Waals surface area contributed by atoms with Crippen LogP contribution in [0.2, 0.25) is 0 Å². The van der Waals surface area contributed by atoms with Gasteiger partial charge in [-0.25, -0.2) is 0 Å². The molecule has 3 heteroatoms. The van der Waals surface area contributed by atoms with Crippen LogP contribution >= 0.6 is 0 Å². The molecule has 0 atom stereocenters. The maximum absolute atomic E-state index is 6.88. The molecule has 12 rings (SSSR count). The highest BCUT2D eigenvalue weighted by Crippen LogP contribution is 2.47. The molecule has 0 unspecified atom stereocenters. The molecule has 64 heavy (non-hydrogen) atoms. The van der Waals surface area contributed by atoms with E-state index < -0.39 is 0 Å². The maximum Gasteiger partial charge on any atom is 0.145 e. The minimum atomic E-state index is 0.555. The van der Waals surface area contributed by atoms with E-state index in [1.165, 1.54) is 11.1 Å². The van der Waals surface area contributed by atoms with E-state index in [1.54, 1.807) is 0 Å². The minimum absolute atomic E-state index is 0.555. The van der Waals surface area contributed by atoms with Crippen molar-refractivity contribution in [3.8, 4) is 55.6 Å². The predicted molar refractivity (Wildman–Crippen MR) is 267 cm³/mol. The summed E-state index contributed by atoms with van der Waals surface area (Å²) in [6.45, 7) is 0.555. The van der Waals surface area contributed by atoms with Crippen LogP contribution in [0.5, 0.6) is 0 Å². The van der Waals surface area contributed by atoms with Crippen LogP contribution in [0.3, 0.4) is 0 Å².